The van der Waals surface area contributed by atoms with Crippen LogP contribution in [0.5, 0.6) is 0 Å². The fourth-order valence-electron chi connectivity index (χ4n) is 2.59. The number of ether oxygens (including phenoxy) is 1. The minimum absolute atomic E-state index is 0.0869. The third-order valence-corrected chi connectivity index (χ3v) is 4.01. The summed E-state index contributed by atoms with van der Waals surface area (Å²) >= 11 is 3.41. The summed E-state index contributed by atoms with van der Waals surface area (Å²) in [5.41, 5.74) is 7.17. The van der Waals surface area contributed by atoms with Crippen LogP contribution in [-0.4, -0.2) is 19.1 Å². The Bertz CT molecular complexity index is 404. The second-order valence-corrected chi connectivity index (χ2v) is 5.36. The molecule has 3 atom stereocenters. The van der Waals surface area contributed by atoms with E-state index in [-0.39, 0.29) is 23.8 Å². The van der Waals surface area contributed by atoms with E-state index in [4.69, 9.17) is 10.5 Å². The first kappa shape index (κ1) is 12.6. The van der Waals surface area contributed by atoms with Crippen molar-refractivity contribution in [1.29, 1.82) is 0 Å². The molecule has 0 aliphatic heterocycles. The standard InChI is InChI=1S/C13H16BrNO2/c1-17-13(16)12-10(6-7-11(12)15)8-2-4-9(14)5-3-8/h2-5,10-12H,6-7,15H2,1H3/t10-,11?,12?/m1/s1. The highest BCUT2D eigenvalue weighted by Gasteiger charge is 2.40. The van der Waals surface area contributed by atoms with Crippen molar-refractivity contribution < 1.29 is 9.53 Å². The average Bonchev–Trinajstić information content (AvgIpc) is 2.71. The lowest BCUT2D eigenvalue weighted by atomic mass is 9.88. The van der Waals surface area contributed by atoms with Crippen LogP contribution in [-0.2, 0) is 9.53 Å². The molecule has 0 saturated heterocycles. The first-order valence-electron chi connectivity index (χ1n) is 5.72. The zero-order valence-corrected chi connectivity index (χ0v) is 11.3. The fourth-order valence-corrected chi connectivity index (χ4v) is 2.85. The molecule has 2 N–H and O–H groups in total. The Labute approximate surface area is 109 Å². The zero-order chi connectivity index (χ0) is 12.4. The van der Waals surface area contributed by atoms with Gasteiger partial charge in [0.05, 0.1) is 13.0 Å². The molecule has 2 rings (SSSR count). The van der Waals surface area contributed by atoms with E-state index in [1.165, 1.54) is 7.11 Å². The smallest absolute Gasteiger partial charge is 0.310 e. The lowest BCUT2D eigenvalue weighted by molar-refractivity contribution is -0.146. The Balaban J connectivity index is 2.25. The highest BCUT2D eigenvalue weighted by atomic mass is 79.9. The van der Waals surface area contributed by atoms with E-state index < -0.39 is 0 Å². The molecule has 0 aromatic heterocycles. The van der Waals surface area contributed by atoms with Crippen molar-refractivity contribution in [3.63, 3.8) is 0 Å². The number of hydrogen-bond acceptors (Lipinski definition) is 3. The van der Waals surface area contributed by atoms with E-state index in [2.05, 4.69) is 15.9 Å². The molecule has 1 aliphatic carbocycles. The molecule has 0 spiro atoms. The highest BCUT2D eigenvalue weighted by molar-refractivity contribution is 9.10. The van der Waals surface area contributed by atoms with Crippen LogP contribution in [0, 0.1) is 5.92 Å². The number of rotatable bonds is 2. The molecule has 0 bridgehead atoms. The van der Waals surface area contributed by atoms with Gasteiger partial charge in [0.1, 0.15) is 0 Å². The Morgan fingerprint density at radius 2 is 2.00 bits per heavy atom. The molecule has 17 heavy (non-hydrogen) atoms. The molecule has 1 aromatic carbocycles. The Morgan fingerprint density at radius 1 is 1.35 bits per heavy atom. The molecule has 92 valence electrons. The van der Waals surface area contributed by atoms with Crippen LogP contribution < -0.4 is 5.73 Å². The lowest BCUT2D eigenvalue weighted by Crippen LogP contribution is -2.34. The van der Waals surface area contributed by atoms with Crippen LogP contribution >= 0.6 is 15.9 Å². The normalized spacial score (nSPS) is 28.1. The van der Waals surface area contributed by atoms with Gasteiger partial charge >= 0.3 is 5.97 Å². The summed E-state index contributed by atoms with van der Waals surface area (Å²) in [6, 6.07) is 7.99. The van der Waals surface area contributed by atoms with Crippen molar-refractivity contribution in [2.24, 2.45) is 11.7 Å². The summed E-state index contributed by atoms with van der Waals surface area (Å²) in [5, 5.41) is 0. The molecular weight excluding hydrogens is 282 g/mol. The van der Waals surface area contributed by atoms with Crippen molar-refractivity contribution in [3.8, 4) is 0 Å². The molecule has 1 aliphatic rings. The number of nitrogens with two attached hydrogens (primary N) is 1. The van der Waals surface area contributed by atoms with Crippen LogP contribution in [0.15, 0.2) is 28.7 Å². The van der Waals surface area contributed by atoms with Crippen molar-refractivity contribution in [3.05, 3.63) is 34.3 Å². The van der Waals surface area contributed by atoms with Gasteiger partial charge in [-0.3, -0.25) is 4.79 Å². The largest absolute Gasteiger partial charge is 0.469 e. The van der Waals surface area contributed by atoms with Gasteiger partial charge in [0.25, 0.3) is 0 Å². The predicted molar refractivity (Wildman–Crippen MR) is 69.6 cm³/mol. The number of halogens is 1. The summed E-state index contributed by atoms with van der Waals surface area (Å²) < 4.78 is 5.89. The van der Waals surface area contributed by atoms with E-state index in [0.717, 1.165) is 22.9 Å². The van der Waals surface area contributed by atoms with Crippen LogP contribution in [0.4, 0.5) is 0 Å². The van der Waals surface area contributed by atoms with Gasteiger partial charge < -0.3 is 10.5 Å². The first-order valence-corrected chi connectivity index (χ1v) is 6.51. The minimum Gasteiger partial charge on any atom is -0.469 e. The van der Waals surface area contributed by atoms with Gasteiger partial charge in [-0.1, -0.05) is 28.1 Å². The summed E-state index contributed by atoms with van der Waals surface area (Å²) in [6.07, 6.45) is 1.82. The SMILES string of the molecule is COC(=O)C1C(N)CC[C@@H]1c1ccc(Br)cc1. The Kier molecular flexibility index (Phi) is 3.84. The van der Waals surface area contributed by atoms with E-state index in [9.17, 15) is 4.79 Å². The fraction of sp³-hybridized carbons (Fsp3) is 0.462. The van der Waals surface area contributed by atoms with Crippen LogP contribution in [0.25, 0.3) is 0 Å². The maximum Gasteiger partial charge on any atom is 0.310 e. The number of carbonyl (C=O) groups excluding carboxylic acids is 1. The average molecular weight is 298 g/mol. The summed E-state index contributed by atoms with van der Waals surface area (Å²) in [5.74, 6) is -0.213. The van der Waals surface area contributed by atoms with Crippen molar-refractivity contribution >= 4 is 21.9 Å². The van der Waals surface area contributed by atoms with Crippen molar-refractivity contribution in [2.45, 2.75) is 24.8 Å². The number of esters is 1. The number of hydrogen-bond donors (Lipinski definition) is 1. The first-order chi connectivity index (χ1) is 8.13. The summed E-state index contributed by atoms with van der Waals surface area (Å²) in [4.78, 5) is 11.8. The Hall–Kier alpha value is -0.870. The van der Waals surface area contributed by atoms with E-state index in [0.29, 0.717) is 0 Å². The second kappa shape index (κ2) is 5.19. The van der Waals surface area contributed by atoms with Gasteiger partial charge in [-0.25, -0.2) is 0 Å². The van der Waals surface area contributed by atoms with Crippen LogP contribution in [0.1, 0.15) is 24.3 Å². The molecule has 0 heterocycles. The van der Waals surface area contributed by atoms with Crippen molar-refractivity contribution in [2.75, 3.05) is 7.11 Å². The van der Waals surface area contributed by atoms with Gasteiger partial charge in [0.15, 0.2) is 0 Å². The summed E-state index contributed by atoms with van der Waals surface area (Å²) in [7, 11) is 1.42. The predicted octanol–water partition coefficient (Wildman–Crippen LogP) is 2.44. The van der Waals surface area contributed by atoms with E-state index >= 15 is 0 Å². The zero-order valence-electron chi connectivity index (χ0n) is 9.73. The van der Waals surface area contributed by atoms with E-state index in [1.54, 1.807) is 0 Å². The topological polar surface area (TPSA) is 52.3 Å². The third-order valence-electron chi connectivity index (χ3n) is 3.48. The molecule has 2 unspecified atom stereocenters. The summed E-state index contributed by atoms with van der Waals surface area (Å²) in [6.45, 7) is 0. The quantitative estimate of drug-likeness (QED) is 0.853. The highest BCUT2D eigenvalue weighted by Crippen LogP contribution is 2.39. The molecule has 3 nitrogen and oxygen atoms in total. The Morgan fingerprint density at radius 3 is 2.59 bits per heavy atom. The van der Waals surface area contributed by atoms with Gasteiger partial charge in [-0.2, -0.15) is 0 Å². The molecule has 1 fully saturated rings. The number of methoxy groups -OCH3 is 1. The van der Waals surface area contributed by atoms with Gasteiger partial charge in [-0.05, 0) is 36.5 Å². The molecule has 1 aromatic rings. The molecule has 0 radical (unpaired) electrons. The maximum absolute atomic E-state index is 11.8. The van der Waals surface area contributed by atoms with Gasteiger partial charge in [-0.15, -0.1) is 0 Å². The van der Waals surface area contributed by atoms with E-state index in [1.807, 2.05) is 24.3 Å². The maximum atomic E-state index is 11.8. The number of benzene rings is 1. The van der Waals surface area contributed by atoms with Gasteiger partial charge in [0.2, 0.25) is 0 Å². The van der Waals surface area contributed by atoms with Crippen LogP contribution in [0.3, 0.4) is 0 Å². The second-order valence-electron chi connectivity index (χ2n) is 4.45. The van der Waals surface area contributed by atoms with Gasteiger partial charge in [0, 0.05) is 10.5 Å². The molecule has 0 amide bonds. The van der Waals surface area contributed by atoms with Crippen molar-refractivity contribution in [1.82, 2.24) is 0 Å². The minimum atomic E-state index is -0.207. The molecular formula is C13H16BrNO2. The monoisotopic (exact) mass is 297 g/mol. The number of carbonyl (C=O) groups is 1. The third kappa shape index (κ3) is 2.53. The molecule has 1 saturated carbocycles. The molecule has 4 heteroatoms. The lowest BCUT2D eigenvalue weighted by Gasteiger charge is -2.20. The van der Waals surface area contributed by atoms with Crippen LogP contribution in [0.2, 0.25) is 0 Å².